The van der Waals surface area contributed by atoms with Crippen LogP contribution in [0.5, 0.6) is 0 Å². The minimum Gasteiger partial charge on any atom is -0.466 e. The van der Waals surface area contributed by atoms with Gasteiger partial charge in [0.2, 0.25) is 0 Å². The number of carbonyl (C=O) groups is 2. The molecule has 0 fully saturated rings. The molecule has 0 amide bonds. The summed E-state index contributed by atoms with van der Waals surface area (Å²) in [4.78, 5) is 21.9. The van der Waals surface area contributed by atoms with Crippen LogP contribution in [0.1, 0.15) is 26.7 Å². The quantitative estimate of drug-likeness (QED) is 0.689. The second-order valence-corrected chi connectivity index (χ2v) is 2.70. The van der Waals surface area contributed by atoms with Crippen LogP contribution in [0.2, 0.25) is 0 Å². The molecule has 5 nitrogen and oxygen atoms in total. The van der Waals surface area contributed by atoms with Gasteiger partial charge in [-0.2, -0.15) is 0 Å². The van der Waals surface area contributed by atoms with Gasteiger partial charge in [-0.1, -0.05) is 0 Å². The van der Waals surface area contributed by atoms with Gasteiger partial charge >= 0.3 is 11.9 Å². The summed E-state index contributed by atoms with van der Waals surface area (Å²) in [5, 5.41) is 0. The molecule has 0 radical (unpaired) electrons. The molecule has 2 N–H and O–H groups in total. The number of hydrogen-bond donors (Lipinski definition) is 1. The Kier molecular flexibility index (Phi) is 10.8. The van der Waals surface area contributed by atoms with Crippen LogP contribution in [0.4, 0.5) is 0 Å². The fourth-order valence-electron chi connectivity index (χ4n) is 0.874. The highest BCUT2D eigenvalue weighted by Gasteiger charge is 2.16. The molecule has 0 aromatic rings. The van der Waals surface area contributed by atoms with Gasteiger partial charge in [-0.05, 0) is 20.3 Å². The Morgan fingerprint density at radius 1 is 1.20 bits per heavy atom. The Balaban J connectivity index is 0. The lowest BCUT2D eigenvalue weighted by Gasteiger charge is -2.09. The maximum atomic E-state index is 11.0. The lowest BCUT2D eigenvalue weighted by atomic mass is 10.2. The predicted octanol–water partition coefficient (Wildman–Crippen LogP) is 0.642. The van der Waals surface area contributed by atoms with Crippen molar-refractivity contribution in [2.24, 2.45) is 5.73 Å². The molecule has 0 aromatic carbocycles. The van der Waals surface area contributed by atoms with E-state index in [1.807, 2.05) is 0 Å². The molecule has 0 aliphatic heterocycles. The molecular formula is C9H18ClNO4. The first-order chi connectivity index (χ1) is 6.61. The summed E-state index contributed by atoms with van der Waals surface area (Å²) in [5.74, 6) is -0.816. The van der Waals surface area contributed by atoms with E-state index < -0.39 is 12.0 Å². The smallest absolute Gasteiger partial charge is 0.322 e. The summed E-state index contributed by atoms with van der Waals surface area (Å²) < 4.78 is 9.37. The maximum Gasteiger partial charge on any atom is 0.322 e. The number of carbonyl (C=O) groups excluding carboxylic acids is 2. The van der Waals surface area contributed by atoms with E-state index in [0.29, 0.717) is 13.2 Å². The molecule has 0 aliphatic rings. The average Bonchev–Trinajstić information content (AvgIpc) is 2.15. The standard InChI is InChI=1S/C9H17NO4.ClH/c1-3-13-8(11)6-5-7(10)9(12)14-4-2;/h7H,3-6,10H2,1-2H3;1H/t7-;/m1./s1. The van der Waals surface area contributed by atoms with E-state index in [1.165, 1.54) is 0 Å². The lowest BCUT2D eigenvalue weighted by molar-refractivity contribution is -0.146. The minimum absolute atomic E-state index is 0. The molecule has 1 atom stereocenters. The normalized spacial score (nSPS) is 11.1. The van der Waals surface area contributed by atoms with Crippen LogP contribution >= 0.6 is 12.4 Å². The van der Waals surface area contributed by atoms with Crippen molar-refractivity contribution in [3.63, 3.8) is 0 Å². The van der Waals surface area contributed by atoms with E-state index in [9.17, 15) is 9.59 Å². The van der Waals surface area contributed by atoms with Crippen molar-refractivity contribution in [3.8, 4) is 0 Å². The molecule has 0 unspecified atom stereocenters. The van der Waals surface area contributed by atoms with Crippen molar-refractivity contribution in [3.05, 3.63) is 0 Å². The highest BCUT2D eigenvalue weighted by molar-refractivity contribution is 5.85. The average molecular weight is 240 g/mol. The molecular weight excluding hydrogens is 222 g/mol. The molecule has 0 saturated carbocycles. The zero-order valence-electron chi connectivity index (χ0n) is 9.02. The van der Waals surface area contributed by atoms with Gasteiger partial charge in [0.25, 0.3) is 0 Å². The van der Waals surface area contributed by atoms with E-state index in [-0.39, 0.29) is 31.2 Å². The van der Waals surface area contributed by atoms with Gasteiger partial charge in [-0.15, -0.1) is 12.4 Å². The van der Waals surface area contributed by atoms with Crippen LogP contribution in [-0.4, -0.2) is 31.2 Å². The van der Waals surface area contributed by atoms with Gasteiger partial charge in [0.05, 0.1) is 13.2 Å². The van der Waals surface area contributed by atoms with Crippen LogP contribution in [0.3, 0.4) is 0 Å². The second-order valence-electron chi connectivity index (χ2n) is 2.70. The van der Waals surface area contributed by atoms with Crippen LogP contribution in [0, 0.1) is 0 Å². The third kappa shape index (κ3) is 8.20. The largest absolute Gasteiger partial charge is 0.466 e. The Morgan fingerprint density at radius 3 is 2.20 bits per heavy atom. The van der Waals surface area contributed by atoms with Crippen molar-refractivity contribution < 1.29 is 19.1 Å². The van der Waals surface area contributed by atoms with Crippen molar-refractivity contribution in [2.75, 3.05) is 13.2 Å². The van der Waals surface area contributed by atoms with E-state index in [0.717, 1.165) is 0 Å². The van der Waals surface area contributed by atoms with Crippen molar-refractivity contribution in [2.45, 2.75) is 32.7 Å². The summed E-state index contributed by atoms with van der Waals surface area (Å²) in [5.41, 5.74) is 5.47. The van der Waals surface area contributed by atoms with Crippen LogP contribution in [0.15, 0.2) is 0 Å². The Hall–Kier alpha value is -0.810. The third-order valence-corrected chi connectivity index (χ3v) is 1.55. The monoisotopic (exact) mass is 239 g/mol. The lowest BCUT2D eigenvalue weighted by Crippen LogP contribution is -2.32. The maximum absolute atomic E-state index is 11.0. The second kappa shape index (κ2) is 9.73. The summed E-state index contributed by atoms with van der Waals surface area (Å²) >= 11 is 0. The number of esters is 2. The number of halogens is 1. The van der Waals surface area contributed by atoms with Crippen LogP contribution < -0.4 is 5.73 Å². The van der Waals surface area contributed by atoms with Crippen LogP contribution in [0.25, 0.3) is 0 Å². The molecule has 0 aromatic heterocycles. The summed E-state index contributed by atoms with van der Waals surface area (Å²) in [6.07, 6.45) is 0.408. The SMILES string of the molecule is CCOC(=O)CC[C@@H](N)C(=O)OCC.Cl. The Bertz CT molecular complexity index is 199. The van der Waals surface area contributed by atoms with Gasteiger partial charge in [0.15, 0.2) is 0 Å². The van der Waals surface area contributed by atoms with E-state index in [2.05, 4.69) is 9.47 Å². The third-order valence-electron chi connectivity index (χ3n) is 1.55. The molecule has 90 valence electrons. The van der Waals surface area contributed by atoms with E-state index in [4.69, 9.17) is 5.73 Å². The topological polar surface area (TPSA) is 78.6 Å². The molecule has 0 heterocycles. The van der Waals surface area contributed by atoms with E-state index >= 15 is 0 Å². The predicted molar refractivity (Wildman–Crippen MR) is 57.7 cm³/mol. The van der Waals surface area contributed by atoms with Gasteiger partial charge in [0, 0.05) is 6.42 Å². The summed E-state index contributed by atoms with van der Waals surface area (Å²) in [6.45, 7) is 4.07. The first-order valence-electron chi connectivity index (χ1n) is 4.69. The van der Waals surface area contributed by atoms with E-state index in [1.54, 1.807) is 13.8 Å². The summed E-state index contributed by atoms with van der Waals surface area (Å²) in [7, 11) is 0. The Morgan fingerprint density at radius 2 is 1.73 bits per heavy atom. The van der Waals surface area contributed by atoms with Crippen molar-refractivity contribution >= 4 is 24.3 Å². The van der Waals surface area contributed by atoms with Gasteiger partial charge < -0.3 is 15.2 Å². The molecule has 6 heteroatoms. The minimum atomic E-state index is -0.737. The first kappa shape index (κ1) is 16.6. The molecule has 0 spiro atoms. The van der Waals surface area contributed by atoms with Crippen molar-refractivity contribution in [1.29, 1.82) is 0 Å². The first-order valence-corrected chi connectivity index (χ1v) is 4.69. The molecule has 0 aliphatic carbocycles. The molecule has 0 rings (SSSR count). The van der Waals surface area contributed by atoms with Crippen LogP contribution in [-0.2, 0) is 19.1 Å². The molecule has 0 bridgehead atoms. The zero-order chi connectivity index (χ0) is 11.0. The molecule has 0 saturated heterocycles. The number of rotatable bonds is 6. The number of ether oxygens (including phenoxy) is 2. The zero-order valence-corrected chi connectivity index (χ0v) is 9.84. The number of nitrogens with two attached hydrogens (primary N) is 1. The van der Waals surface area contributed by atoms with Gasteiger partial charge in [-0.3, -0.25) is 9.59 Å². The van der Waals surface area contributed by atoms with Crippen molar-refractivity contribution in [1.82, 2.24) is 0 Å². The van der Waals surface area contributed by atoms with Gasteiger partial charge in [0.1, 0.15) is 6.04 Å². The molecule has 15 heavy (non-hydrogen) atoms. The highest BCUT2D eigenvalue weighted by atomic mass is 35.5. The fraction of sp³-hybridized carbons (Fsp3) is 0.778. The summed E-state index contributed by atoms with van der Waals surface area (Å²) in [6, 6.07) is -0.737. The fourth-order valence-corrected chi connectivity index (χ4v) is 0.874. The number of hydrogen-bond acceptors (Lipinski definition) is 5. The Labute approximate surface area is 95.7 Å². The highest BCUT2D eigenvalue weighted by Crippen LogP contribution is 1.99. The van der Waals surface area contributed by atoms with Gasteiger partial charge in [-0.25, -0.2) is 0 Å².